The van der Waals surface area contributed by atoms with E-state index in [-0.39, 0.29) is 43.0 Å². The van der Waals surface area contributed by atoms with Crippen LogP contribution in [0.3, 0.4) is 0 Å². The summed E-state index contributed by atoms with van der Waals surface area (Å²) in [4.78, 5) is 16.0. The summed E-state index contributed by atoms with van der Waals surface area (Å²) >= 11 is 0. The van der Waals surface area contributed by atoms with Crippen molar-refractivity contribution in [3.05, 3.63) is 53.6 Å². The second-order valence-corrected chi connectivity index (χ2v) is 10.1. The van der Waals surface area contributed by atoms with Crippen molar-refractivity contribution in [1.82, 2.24) is 24.2 Å². The van der Waals surface area contributed by atoms with Crippen LogP contribution in [0.1, 0.15) is 30.1 Å². The Hall–Kier alpha value is -3.32. The minimum Gasteiger partial charge on any atom is -0.384 e. The smallest absolute Gasteiger partial charge is 0.243 e. The van der Waals surface area contributed by atoms with E-state index in [9.17, 15) is 8.42 Å². The number of hydrogen-bond acceptors (Lipinski definition) is 7. The molecule has 2 aromatic carbocycles. The van der Waals surface area contributed by atoms with Crippen molar-refractivity contribution in [2.45, 2.75) is 17.7 Å². The number of nitrogen functional groups attached to an aromatic ring is 1. The molecule has 5 N–H and O–H groups in total. The summed E-state index contributed by atoms with van der Waals surface area (Å²) in [5.74, 6) is 1.11. The van der Waals surface area contributed by atoms with Crippen molar-refractivity contribution in [3.8, 4) is 0 Å². The summed E-state index contributed by atoms with van der Waals surface area (Å²) in [6.07, 6.45) is 0. The largest absolute Gasteiger partial charge is 0.384 e. The highest BCUT2D eigenvalue weighted by Crippen LogP contribution is 2.27. The Morgan fingerprint density at radius 1 is 1.00 bits per heavy atom. The number of nitrogens with zero attached hydrogens (tertiary/aromatic N) is 3. The number of aromatic amines is 2. The zero-order valence-electron chi connectivity index (χ0n) is 19.8. The van der Waals surface area contributed by atoms with Crippen molar-refractivity contribution in [3.63, 3.8) is 0 Å². The Balaban J connectivity index is 1.64. The van der Waals surface area contributed by atoms with E-state index in [1.54, 1.807) is 30.3 Å². The zero-order chi connectivity index (χ0) is 25.2. The second kappa shape index (κ2) is 10.1. The van der Waals surface area contributed by atoms with E-state index in [0.29, 0.717) is 28.2 Å². The molecule has 0 saturated heterocycles. The molecule has 2 aromatic heterocycles. The monoisotopic (exact) mass is 499 g/mol. The van der Waals surface area contributed by atoms with Gasteiger partial charge in [-0.05, 0) is 43.3 Å². The summed E-state index contributed by atoms with van der Waals surface area (Å²) in [6, 6.07) is 10.2. The van der Waals surface area contributed by atoms with E-state index in [1.165, 1.54) is 18.5 Å². The molecule has 0 saturated carbocycles. The predicted octanol–water partition coefficient (Wildman–Crippen LogP) is 2.16. The van der Waals surface area contributed by atoms with Gasteiger partial charge in [-0.15, -0.1) is 0 Å². The van der Waals surface area contributed by atoms with Gasteiger partial charge < -0.3 is 25.2 Å². The van der Waals surface area contributed by atoms with E-state index in [1.807, 2.05) is 13.0 Å². The van der Waals surface area contributed by atoms with Gasteiger partial charge in [0.1, 0.15) is 17.5 Å². The molecule has 4 rings (SSSR count). The van der Waals surface area contributed by atoms with Crippen molar-refractivity contribution >= 4 is 37.9 Å². The first-order chi connectivity index (χ1) is 16.7. The molecule has 0 aliphatic rings. The Bertz CT molecular complexity index is 1450. The van der Waals surface area contributed by atoms with Crippen LogP contribution in [0.2, 0.25) is 0 Å². The number of hydrogen-bond donors (Lipinski definition) is 4. The first-order valence-corrected chi connectivity index (χ1v) is 12.5. The molecular formula is C23H29N7O4S. The van der Waals surface area contributed by atoms with Gasteiger partial charge in [0.05, 0.1) is 46.1 Å². The normalized spacial score (nSPS) is 13.1. The Kier molecular flexibility index (Phi) is 7.17. The van der Waals surface area contributed by atoms with Crippen LogP contribution in [-0.2, 0) is 19.5 Å². The van der Waals surface area contributed by atoms with Crippen LogP contribution < -0.4 is 5.73 Å². The average Bonchev–Trinajstić information content (AvgIpc) is 3.46. The van der Waals surface area contributed by atoms with Crippen molar-refractivity contribution < 1.29 is 17.9 Å². The summed E-state index contributed by atoms with van der Waals surface area (Å²) < 4.78 is 38.0. The quantitative estimate of drug-likeness (QED) is 0.181. The molecule has 1 atom stereocenters. The van der Waals surface area contributed by atoms with Crippen LogP contribution in [-0.4, -0.2) is 79.0 Å². The third-order valence-electron chi connectivity index (χ3n) is 5.83. The third kappa shape index (κ3) is 5.05. The number of rotatable bonds is 11. The molecule has 0 radical (unpaired) electrons. The third-order valence-corrected chi connectivity index (χ3v) is 7.73. The lowest BCUT2D eigenvalue weighted by Gasteiger charge is -2.21. The second-order valence-electron chi connectivity index (χ2n) is 8.18. The maximum absolute atomic E-state index is 13.3. The van der Waals surface area contributed by atoms with Crippen molar-refractivity contribution in [2.24, 2.45) is 5.73 Å². The fourth-order valence-electron chi connectivity index (χ4n) is 3.79. The molecule has 12 heteroatoms. The maximum Gasteiger partial charge on any atom is 0.243 e. The number of aromatic nitrogens is 4. The topological polar surface area (TPSA) is 163 Å². The van der Waals surface area contributed by atoms with Gasteiger partial charge in [0.25, 0.3) is 0 Å². The predicted molar refractivity (Wildman–Crippen MR) is 133 cm³/mol. The molecular weight excluding hydrogens is 470 g/mol. The fourth-order valence-corrected chi connectivity index (χ4v) is 5.21. The molecule has 4 aromatic rings. The molecule has 0 amide bonds. The van der Waals surface area contributed by atoms with E-state index in [2.05, 4.69) is 19.9 Å². The summed E-state index contributed by atoms with van der Waals surface area (Å²) in [6.45, 7) is 2.96. The van der Waals surface area contributed by atoms with Crippen molar-refractivity contribution in [1.29, 1.82) is 5.41 Å². The summed E-state index contributed by atoms with van der Waals surface area (Å²) in [5.41, 5.74) is 8.99. The SMILES string of the molecule is COCCN(CCOC)S(=O)(=O)c1ccc2[nH]c(C(C)c3nc4cc(C(=N)N)ccc4[nH]3)nc2c1. The van der Waals surface area contributed by atoms with Gasteiger partial charge in [0.2, 0.25) is 10.0 Å². The number of methoxy groups -OCH3 is 2. The molecule has 11 nitrogen and oxygen atoms in total. The number of nitrogens with one attached hydrogen (secondary N) is 3. The van der Waals surface area contributed by atoms with Gasteiger partial charge in [-0.3, -0.25) is 5.41 Å². The first-order valence-electron chi connectivity index (χ1n) is 11.1. The first kappa shape index (κ1) is 24.8. The standard InChI is InChI=1S/C23H29N7O4S/c1-14(22-26-17-6-4-15(21(24)25)12-19(17)28-22)23-27-18-7-5-16(13-20(18)29-23)35(31,32)30(8-10-33-2)9-11-34-3/h4-7,12-14H,8-11H2,1-3H3,(H3,24,25)(H,26,28)(H,27,29). The van der Waals surface area contributed by atoms with Crippen LogP contribution in [0, 0.1) is 5.41 Å². The Morgan fingerprint density at radius 2 is 1.54 bits per heavy atom. The van der Waals surface area contributed by atoms with Gasteiger partial charge in [0, 0.05) is 32.9 Å². The van der Waals surface area contributed by atoms with Gasteiger partial charge in [-0.1, -0.05) is 0 Å². The average molecular weight is 500 g/mol. The molecule has 35 heavy (non-hydrogen) atoms. The molecule has 186 valence electrons. The van der Waals surface area contributed by atoms with Crippen molar-refractivity contribution in [2.75, 3.05) is 40.5 Å². The molecule has 1 unspecified atom stereocenters. The maximum atomic E-state index is 13.3. The summed E-state index contributed by atoms with van der Waals surface area (Å²) in [7, 11) is -0.692. The summed E-state index contributed by atoms with van der Waals surface area (Å²) in [5, 5.41) is 7.62. The minimum atomic E-state index is -3.76. The lowest BCUT2D eigenvalue weighted by molar-refractivity contribution is 0.150. The van der Waals surface area contributed by atoms with Gasteiger partial charge in [-0.25, -0.2) is 18.4 Å². The molecule has 2 heterocycles. The van der Waals surface area contributed by atoms with E-state index in [0.717, 1.165) is 11.0 Å². The molecule has 0 aliphatic carbocycles. The van der Waals surface area contributed by atoms with Crippen LogP contribution in [0.15, 0.2) is 41.3 Å². The highest BCUT2D eigenvalue weighted by Gasteiger charge is 2.25. The number of amidine groups is 1. The Morgan fingerprint density at radius 3 is 2.09 bits per heavy atom. The molecule has 0 aliphatic heterocycles. The van der Waals surface area contributed by atoms with Gasteiger partial charge in [-0.2, -0.15) is 4.31 Å². The van der Waals surface area contributed by atoms with Crippen LogP contribution in [0.5, 0.6) is 0 Å². The minimum absolute atomic E-state index is 0.0180. The Labute approximate surface area is 203 Å². The number of fused-ring (bicyclic) bond motifs is 2. The van der Waals surface area contributed by atoms with Gasteiger partial charge in [0.15, 0.2) is 0 Å². The number of H-pyrrole nitrogens is 2. The van der Waals surface area contributed by atoms with E-state index < -0.39 is 10.0 Å². The molecule has 0 bridgehead atoms. The number of sulfonamides is 1. The highest BCUT2D eigenvalue weighted by atomic mass is 32.2. The van der Waals surface area contributed by atoms with E-state index in [4.69, 9.17) is 20.6 Å². The number of ether oxygens (including phenoxy) is 2. The fraction of sp³-hybridized carbons (Fsp3) is 0.348. The number of nitrogens with two attached hydrogens (primary N) is 1. The molecule has 0 fully saturated rings. The lowest BCUT2D eigenvalue weighted by Crippen LogP contribution is -2.36. The van der Waals surface area contributed by atoms with Gasteiger partial charge >= 0.3 is 0 Å². The molecule has 0 spiro atoms. The van der Waals surface area contributed by atoms with Crippen LogP contribution in [0.25, 0.3) is 22.1 Å². The zero-order valence-corrected chi connectivity index (χ0v) is 20.6. The van der Waals surface area contributed by atoms with Crippen LogP contribution in [0.4, 0.5) is 0 Å². The highest BCUT2D eigenvalue weighted by molar-refractivity contribution is 7.89. The van der Waals surface area contributed by atoms with Crippen LogP contribution >= 0.6 is 0 Å². The number of imidazole rings is 2. The lowest BCUT2D eigenvalue weighted by atomic mass is 10.1. The van der Waals surface area contributed by atoms with E-state index >= 15 is 0 Å². The number of benzene rings is 2.